The number of aryl methyl sites for hydroxylation is 1. The second-order valence-electron chi connectivity index (χ2n) is 8.32. The molecule has 0 radical (unpaired) electrons. The summed E-state index contributed by atoms with van der Waals surface area (Å²) in [5, 5.41) is 13.6. The molecule has 3 heterocycles. The minimum atomic E-state index is -1.13. The van der Waals surface area contributed by atoms with Crippen molar-refractivity contribution in [3.63, 3.8) is 0 Å². The smallest absolute Gasteiger partial charge is 0.356 e. The molecule has 2 aromatic rings. The number of piperidine rings is 1. The van der Waals surface area contributed by atoms with Gasteiger partial charge in [0.15, 0.2) is 5.69 Å². The van der Waals surface area contributed by atoms with E-state index in [1.54, 1.807) is 4.90 Å². The van der Waals surface area contributed by atoms with Gasteiger partial charge in [-0.3, -0.25) is 4.90 Å². The van der Waals surface area contributed by atoms with Crippen LogP contribution in [0.2, 0.25) is 5.02 Å². The second kappa shape index (κ2) is 7.80. The van der Waals surface area contributed by atoms with Crippen LogP contribution in [0.3, 0.4) is 0 Å². The quantitative estimate of drug-likeness (QED) is 0.828. The lowest BCUT2D eigenvalue weighted by Gasteiger charge is -2.39. The molecule has 7 nitrogen and oxygen atoms in total. The zero-order chi connectivity index (χ0) is 20.6. The van der Waals surface area contributed by atoms with Crippen LogP contribution in [0.1, 0.15) is 40.9 Å². The lowest BCUT2D eigenvalue weighted by atomic mass is 9.78. The van der Waals surface area contributed by atoms with Gasteiger partial charge in [-0.25, -0.2) is 9.59 Å². The van der Waals surface area contributed by atoms with Gasteiger partial charge in [0.2, 0.25) is 0 Å². The molecule has 2 aliphatic rings. The number of amides is 1. The molecule has 1 amide bonds. The number of aromatic carboxylic acids is 1. The summed E-state index contributed by atoms with van der Waals surface area (Å²) in [6, 6.07) is 7.29. The maximum absolute atomic E-state index is 12.6. The van der Waals surface area contributed by atoms with Crippen LogP contribution >= 0.6 is 11.6 Å². The predicted molar refractivity (Wildman–Crippen MR) is 109 cm³/mol. The number of carboxylic acids is 1. The minimum absolute atomic E-state index is 0.116. The van der Waals surface area contributed by atoms with Crippen molar-refractivity contribution >= 4 is 23.6 Å². The lowest BCUT2D eigenvalue weighted by Crippen LogP contribution is -2.45. The van der Waals surface area contributed by atoms with Crippen molar-refractivity contribution in [2.24, 2.45) is 5.41 Å². The van der Waals surface area contributed by atoms with Gasteiger partial charge in [-0.1, -0.05) is 17.7 Å². The Bertz CT molecular complexity index is 914. The van der Waals surface area contributed by atoms with Gasteiger partial charge in [-0.2, -0.15) is 9.78 Å². The highest BCUT2D eigenvalue weighted by atomic mass is 35.5. The third-order valence-corrected chi connectivity index (χ3v) is 6.34. The first-order valence-electron chi connectivity index (χ1n) is 9.90. The standard InChI is InChI=1S/C21H25ClN4O3/c1-15-10-16(12-17(22)11-15)13-24-7-3-21(14-24)4-8-25(9-5-21)20(29)26-6-2-18(23-26)19(27)28/h2,6,10-12H,3-5,7-9,13-14H2,1H3,(H,27,28). The molecular weight excluding hydrogens is 392 g/mol. The summed E-state index contributed by atoms with van der Waals surface area (Å²) in [6.07, 6.45) is 4.47. The highest BCUT2D eigenvalue weighted by Crippen LogP contribution is 2.41. The fourth-order valence-corrected chi connectivity index (χ4v) is 4.91. The Morgan fingerprint density at radius 1 is 1.17 bits per heavy atom. The lowest BCUT2D eigenvalue weighted by molar-refractivity contribution is 0.0689. The van der Waals surface area contributed by atoms with E-state index >= 15 is 0 Å². The SMILES string of the molecule is Cc1cc(Cl)cc(CN2CCC3(CCN(C(=O)n4ccc(C(=O)O)n4)CC3)C2)c1. The van der Waals surface area contributed by atoms with Crippen molar-refractivity contribution in [3.05, 3.63) is 52.3 Å². The van der Waals surface area contributed by atoms with Crippen LogP contribution in [0.25, 0.3) is 0 Å². The normalized spacial score (nSPS) is 19.0. The number of aromatic nitrogens is 2. The first-order chi connectivity index (χ1) is 13.8. The van der Waals surface area contributed by atoms with Crippen LogP contribution < -0.4 is 0 Å². The van der Waals surface area contributed by atoms with E-state index in [4.69, 9.17) is 16.7 Å². The summed E-state index contributed by atoms with van der Waals surface area (Å²) in [5.74, 6) is -1.13. The van der Waals surface area contributed by atoms with E-state index < -0.39 is 5.97 Å². The number of carbonyl (C=O) groups excluding carboxylic acids is 1. The molecule has 29 heavy (non-hydrogen) atoms. The van der Waals surface area contributed by atoms with E-state index in [9.17, 15) is 9.59 Å². The number of rotatable bonds is 3. The van der Waals surface area contributed by atoms with Crippen molar-refractivity contribution in [1.82, 2.24) is 19.6 Å². The van der Waals surface area contributed by atoms with E-state index in [0.29, 0.717) is 13.1 Å². The fraction of sp³-hybridized carbons (Fsp3) is 0.476. The first-order valence-corrected chi connectivity index (χ1v) is 10.3. The summed E-state index contributed by atoms with van der Waals surface area (Å²) in [4.78, 5) is 27.8. The number of hydrogen-bond donors (Lipinski definition) is 1. The molecule has 1 N–H and O–H groups in total. The Morgan fingerprint density at radius 3 is 2.55 bits per heavy atom. The van der Waals surface area contributed by atoms with Crippen molar-refractivity contribution < 1.29 is 14.7 Å². The summed E-state index contributed by atoms with van der Waals surface area (Å²) in [7, 11) is 0. The molecule has 154 valence electrons. The Labute approximate surface area is 174 Å². The van der Waals surface area contributed by atoms with Crippen LogP contribution in [0.4, 0.5) is 4.79 Å². The largest absolute Gasteiger partial charge is 0.476 e. The van der Waals surface area contributed by atoms with Crippen LogP contribution in [0.15, 0.2) is 30.5 Å². The molecule has 0 saturated carbocycles. The van der Waals surface area contributed by atoms with Gasteiger partial charge in [-0.15, -0.1) is 0 Å². The van der Waals surface area contributed by atoms with E-state index in [-0.39, 0.29) is 17.1 Å². The highest BCUT2D eigenvalue weighted by Gasteiger charge is 2.41. The predicted octanol–water partition coefficient (Wildman–Crippen LogP) is 3.50. The molecular formula is C21H25ClN4O3. The highest BCUT2D eigenvalue weighted by molar-refractivity contribution is 6.30. The van der Waals surface area contributed by atoms with Crippen molar-refractivity contribution in [1.29, 1.82) is 0 Å². The van der Waals surface area contributed by atoms with Crippen LogP contribution in [-0.2, 0) is 6.54 Å². The number of likely N-dealkylation sites (tertiary alicyclic amines) is 2. The molecule has 8 heteroatoms. The second-order valence-corrected chi connectivity index (χ2v) is 8.75. The van der Waals surface area contributed by atoms with Gasteiger partial charge in [0, 0.05) is 37.4 Å². The van der Waals surface area contributed by atoms with Gasteiger partial charge in [-0.05, 0) is 67.5 Å². The molecule has 0 atom stereocenters. The fourth-order valence-electron chi connectivity index (χ4n) is 4.59. The van der Waals surface area contributed by atoms with Gasteiger partial charge >= 0.3 is 12.0 Å². The van der Waals surface area contributed by atoms with Crippen LogP contribution in [-0.4, -0.2) is 62.9 Å². The van der Waals surface area contributed by atoms with Gasteiger partial charge < -0.3 is 10.0 Å². The van der Waals surface area contributed by atoms with Crippen molar-refractivity contribution in [3.8, 4) is 0 Å². The Morgan fingerprint density at radius 2 is 1.90 bits per heavy atom. The summed E-state index contributed by atoms with van der Waals surface area (Å²) in [5.41, 5.74) is 2.56. The number of hydrogen-bond acceptors (Lipinski definition) is 4. The molecule has 0 unspecified atom stereocenters. The summed E-state index contributed by atoms with van der Waals surface area (Å²) >= 11 is 6.20. The molecule has 1 aromatic carbocycles. The summed E-state index contributed by atoms with van der Waals surface area (Å²) in [6.45, 7) is 6.40. The zero-order valence-electron chi connectivity index (χ0n) is 16.5. The third-order valence-electron chi connectivity index (χ3n) is 6.12. The third kappa shape index (κ3) is 4.31. The van der Waals surface area contributed by atoms with Crippen molar-refractivity contribution in [2.75, 3.05) is 26.2 Å². The number of nitrogens with zero attached hydrogens (tertiary/aromatic N) is 4. The number of carboxylic acid groups (broad SMARTS) is 1. The van der Waals surface area contributed by atoms with Crippen LogP contribution in [0, 0.1) is 12.3 Å². The Balaban J connectivity index is 1.34. The molecule has 1 spiro atoms. The zero-order valence-corrected chi connectivity index (χ0v) is 17.2. The molecule has 0 aliphatic carbocycles. The average molecular weight is 417 g/mol. The van der Waals surface area contributed by atoms with Gasteiger partial charge in [0.1, 0.15) is 0 Å². The molecule has 4 rings (SSSR count). The van der Waals surface area contributed by atoms with Crippen molar-refractivity contribution in [2.45, 2.75) is 32.7 Å². The van der Waals surface area contributed by atoms with Crippen LogP contribution in [0.5, 0.6) is 0 Å². The molecule has 2 fully saturated rings. The van der Waals surface area contributed by atoms with Gasteiger partial charge in [0.25, 0.3) is 0 Å². The molecule has 0 bridgehead atoms. The average Bonchev–Trinajstić information content (AvgIpc) is 3.29. The first kappa shape index (κ1) is 19.9. The van der Waals surface area contributed by atoms with E-state index in [2.05, 4.69) is 23.0 Å². The molecule has 2 saturated heterocycles. The van der Waals surface area contributed by atoms with E-state index in [1.807, 2.05) is 12.1 Å². The number of benzene rings is 1. The molecule has 1 aromatic heterocycles. The summed E-state index contributed by atoms with van der Waals surface area (Å²) < 4.78 is 1.13. The topological polar surface area (TPSA) is 78.7 Å². The maximum Gasteiger partial charge on any atom is 0.356 e. The monoisotopic (exact) mass is 416 g/mol. The van der Waals surface area contributed by atoms with E-state index in [1.165, 1.54) is 23.4 Å². The van der Waals surface area contributed by atoms with E-state index in [0.717, 1.165) is 48.6 Å². The number of carbonyl (C=O) groups is 2. The Hall–Kier alpha value is -2.38. The number of halogens is 1. The maximum atomic E-state index is 12.6. The Kier molecular flexibility index (Phi) is 5.36. The van der Waals surface area contributed by atoms with Gasteiger partial charge in [0.05, 0.1) is 0 Å². The molecule has 2 aliphatic heterocycles. The minimum Gasteiger partial charge on any atom is -0.476 e.